The summed E-state index contributed by atoms with van der Waals surface area (Å²) in [7, 11) is 0. The molecule has 0 saturated carbocycles. The largest absolute Gasteiger partial charge is 0.375 e. The Morgan fingerprint density at radius 3 is 2.50 bits per heavy atom. The summed E-state index contributed by atoms with van der Waals surface area (Å²) in [5, 5.41) is 1.96. The number of nitrogens with one attached hydrogen (secondary N) is 1. The number of halogens is 3. The molecular formula is C14H15F3N2O3. The van der Waals surface area contributed by atoms with Crippen LogP contribution in [0.2, 0.25) is 0 Å². The Labute approximate surface area is 125 Å². The maximum Gasteiger partial charge on any atom is 0.313 e. The minimum atomic E-state index is -1.38. The van der Waals surface area contributed by atoms with Crippen LogP contribution in [0.3, 0.4) is 0 Å². The first-order valence-electron chi connectivity index (χ1n) is 6.69. The van der Waals surface area contributed by atoms with Gasteiger partial charge in [-0.3, -0.25) is 9.59 Å². The van der Waals surface area contributed by atoms with Gasteiger partial charge in [0.2, 0.25) is 0 Å². The van der Waals surface area contributed by atoms with E-state index in [2.05, 4.69) is 0 Å². The van der Waals surface area contributed by atoms with Gasteiger partial charge in [0.25, 0.3) is 0 Å². The standard InChI is InChI=1S/C14H15F3N2O3/c1-7-8(2)22-4-3-19(7)14(21)13(20)18-12-6-10(16)9(15)5-11(12)17/h5-8H,3-4H2,1-2H3,(H,18,20). The van der Waals surface area contributed by atoms with Crippen molar-refractivity contribution in [2.45, 2.75) is 26.0 Å². The van der Waals surface area contributed by atoms with Gasteiger partial charge in [0.1, 0.15) is 5.82 Å². The minimum Gasteiger partial charge on any atom is -0.375 e. The van der Waals surface area contributed by atoms with Gasteiger partial charge >= 0.3 is 11.8 Å². The van der Waals surface area contributed by atoms with Gasteiger partial charge in [0, 0.05) is 18.7 Å². The van der Waals surface area contributed by atoms with Crippen LogP contribution < -0.4 is 5.32 Å². The molecule has 1 saturated heterocycles. The normalized spacial score (nSPS) is 21.6. The second-order valence-corrected chi connectivity index (χ2v) is 5.02. The highest BCUT2D eigenvalue weighted by Crippen LogP contribution is 2.19. The van der Waals surface area contributed by atoms with E-state index < -0.39 is 35.0 Å². The van der Waals surface area contributed by atoms with E-state index >= 15 is 0 Å². The zero-order valence-electron chi connectivity index (χ0n) is 12.0. The number of hydrogen-bond donors (Lipinski definition) is 1. The van der Waals surface area contributed by atoms with Gasteiger partial charge in [0.05, 0.1) is 24.4 Å². The quantitative estimate of drug-likeness (QED) is 0.633. The summed E-state index contributed by atoms with van der Waals surface area (Å²) in [6, 6.07) is 0.456. The molecular weight excluding hydrogens is 301 g/mol. The van der Waals surface area contributed by atoms with Crippen LogP contribution in [0, 0.1) is 17.5 Å². The van der Waals surface area contributed by atoms with Crippen LogP contribution in [0.25, 0.3) is 0 Å². The number of carbonyl (C=O) groups excluding carboxylic acids is 2. The lowest BCUT2D eigenvalue weighted by molar-refractivity contribution is -0.152. The van der Waals surface area contributed by atoms with E-state index in [1.807, 2.05) is 5.32 Å². The Hall–Kier alpha value is -2.09. The second kappa shape index (κ2) is 6.35. The number of benzene rings is 1. The van der Waals surface area contributed by atoms with Crippen molar-refractivity contribution in [1.29, 1.82) is 0 Å². The van der Waals surface area contributed by atoms with Crippen LogP contribution in [0.15, 0.2) is 12.1 Å². The van der Waals surface area contributed by atoms with Gasteiger partial charge in [-0.15, -0.1) is 0 Å². The molecule has 2 rings (SSSR count). The van der Waals surface area contributed by atoms with Crippen molar-refractivity contribution in [1.82, 2.24) is 4.90 Å². The van der Waals surface area contributed by atoms with Crippen LogP contribution in [0.5, 0.6) is 0 Å². The lowest BCUT2D eigenvalue weighted by Crippen LogP contribution is -2.54. The van der Waals surface area contributed by atoms with E-state index in [1.54, 1.807) is 13.8 Å². The van der Waals surface area contributed by atoms with Crippen LogP contribution in [0.4, 0.5) is 18.9 Å². The number of hydrogen-bond acceptors (Lipinski definition) is 3. The number of rotatable bonds is 1. The van der Waals surface area contributed by atoms with E-state index in [-0.39, 0.29) is 25.3 Å². The SMILES string of the molecule is CC1OCCN(C(=O)C(=O)Nc2cc(F)c(F)cc2F)C1C. The highest BCUT2D eigenvalue weighted by atomic mass is 19.2. The molecule has 5 nitrogen and oxygen atoms in total. The number of anilines is 1. The Bertz CT molecular complexity index is 609. The third-order valence-electron chi connectivity index (χ3n) is 3.60. The van der Waals surface area contributed by atoms with Gasteiger partial charge in [-0.25, -0.2) is 13.2 Å². The summed E-state index contributed by atoms with van der Waals surface area (Å²) in [5.41, 5.74) is -0.591. The average molecular weight is 316 g/mol. The summed E-state index contributed by atoms with van der Waals surface area (Å²) < 4.78 is 44.7. The first-order valence-corrected chi connectivity index (χ1v) is 6.69. The first-order chi connectivity index (χ1) is 10.3. The molecule has 0 bridgehead atoms. The highest BCUT2D eigenvalue weighted by molar-refractivity contribution is 6.39. The van der Waals surface area contributed by atoms with Gasteiger partial charge in [0.15, 0.2) is 11.6 Å². The topological polar surface area (TPSA) is 58.6 Å². The van der Waals surface area contributed by atoms with Crippen molar-refractivity contribution in [2.75, 3.05) is 18.5 Å². The summed E-state index contributed by atoms with van der Waals surface area (Å²) in [4.78, 5) is 25.3. The number of amides is 2. The van der Waals surface area contributed by atoms with Crippen molar-refractivity contribution >= 4 is 17.5 Å². The van der Waals surface area contributed by atoms with Crippen molar-refractivity contribution in [3.63, 3.8) is 0 Å². The maximum absolute atomic E-state index is 13.5. The fraction of sp³-hybridized carbons (Fsp3) is 0.429. The Kier molecular flexibility index (Phi) is 4.70. The molecule has 2 amide bonds. The summed E-state index contributed by atoms with van der Waals surface area (Å²) in [5.74, 6) is -5.86. The molecule has 0 spiro atoms. The molecule has 2 atom stereocenters. The van der Waals surface area contributed by atoms with E-state index in [0.717, 1.165) is 0 Å². The van der Waals surface area contributed by atoms with Crippen LogP contribution in [-0.4, -0.2) is 42.0 Å². The molecule has 1 heterocycles. The van der Waals surface area contributed by atoms with Gasteiger partial charge < -0.3 is 15.0 Å². The summed E-state index contributed by atoms with van der Waals surface area (Å²) in [6.45, 7) is 3.98. The summed E-state index contributed by atoms with van der Waals surface area (Å²) in [6.07, 6.45) is -0.245. The molecule has 0 aromatic heterocycles. The molecule has 1 aliphatic heterocycles. The molecule has 0 aliphatic carbocycles. The predicted octanol–water partition coefficient (Wildman–Crippen LogP) is 1.68. The molecule has 0 radical (unpaired) electrons. The van der Waals surface area contributed by atoms with Crippen LogP contribution >= 0.6 is 0 Å². The predicted molar refractivity (Wildman–Crippen MR) is 71.5 cm³/mol. The summed E-state index contributed by atoms with van der Waals surface area (Å²) >= 11 is 0. The lowest BCUT2D eigenvalue weighted by Gasteiger charge is -2.37. The number of nitrogens with zero attached hydrogens (tertiary/aromatic N) is 1. The first kappa shape index (κ1) is 16.3. The highest BCUT2D eigenvalue weighted by Gasteiger charge is 2.32. The van der Waals surface area contributed by atoms with Crippen molar-refractivity contribution in [2.24, 2.45) is 0 Å². The fourth-order valence-corrected chi connectivity index (χ4v) is 2.14. The zero-order chi connectivity index (χ0) is 16.4. The Morgan fingerprint density at radius 1 is 1.18 bits per heavy atom. The lowest BCUT2D eigenvalue weighted by atomic mass is 10.1. The third-order valence-corrected chi connectivity index (χ3v) is 3.60. The third kappa shape index (κ3) is 3.22. The van der Waals surface area contributed by atoms with Crippen molar-refractivity contribution < 1.29 is 27.5 Å². The zero-order valence-corrected chi connectivity index (χ0v) is 12.0. The van der Waals surface area contributed by atoms with Gasteiger partial charge in [-0.1, -0.05) is 0 Å². The molecule has 1 fully saturated rings. The molecule has 1 N–H and O–H groups in total. The number of morpholine rings is 1. The smallest absolute Gasteiger partial charge is 0.313 e. The van der Waals surface area contributed by atoms with Gasteiger partial charge in [-0.05, 0) is 13.8 Å². The molecule has 22 heavy (non-hydrogen) atoms. The van der Waals surface area contributed by atoms with Crippen molar-refractivity contribution in [3.05, 3.63) is 29.6 Å². The van der Waals surface area contributed by atoms with Gasteiger partial charge in [-0.2, -0.15) is 0 Å². The van der Waals surface area contributed by atoms with Crippen LogP contribution in [-0.2, 0) is 14.3 Å². The minimum absolute atomic E-state index is 0.220. The molecule has 1 aromatic carbocycles. The molecule has 1 aliphatic rings. The van der Waals surface area contributed by atoms with Crippen LogP contribution in [0.1, 0.15) is 13.8 Å². The second-order valence-electron chi connectivity index (χ2n) is 5.02. The monoisotopic (exact) mass is 316 g/mol. The maximum atomic E-state index is 13.5. The van der Waals surface area contributed by atoms with E-state index in [4.69, 9.17) is 4.74 Å². The Balaban J connectivity index is 2.12. The van der Waals surface area contributed by atoms with E-state index in [0.29, 0.717) is 12.1 Å². The van der Waals surface area contributed by atoms with E-state index in [1.165, 1.54) is 4.90 Å². The fourth-order valence-electron chi connectivity index (χ4n) is 2.14. The Morgan fingerprint density at radius 2 is 1.82 bits per heavy atom. The molecule has 8 heteroatoms. The number of carbonyl (C=O) groups is 2. The molecule has 2 unspecified atom stereocenters. The van der Waals surface area contributed by atoms with Crippen molar-refractivity contribution in [3.8, 4) is 0 Å². The number of ether oxygens (including phenoxy) is 1. The average Bonchev–Trinajstić information content (AvgIpc) is 2.47. The molecule has 120 valence electrons. The van der Waals surface area contributed by atoms with E-state index in [9.17, 15) is 22.8 Å². The molecule has 1 aromatic rings.